The molecule has 4 bridgehead atoms. The molecule has 41 nitrogen and oxygen atoms in total. The number of anilines is 6. The summed E-state index contributed by atoms with van der Waals surface area (Å²) < 4.78 is 6.05. The van der Waals surface area contributed by atoms with Crippen LogP contribution >= 0.6 is 23.5 Å². The number of aromatic carboxylic acids is 1. The van der Waals surface area contributed by atoms with Crippen LogP contribution in [0.25, 0.3) is 33.4 Å². The molecule has 5 aromatic rings. The minimum atomic E-state index is -1.33. The SMILES string of the molecule is CC[C@H](C)[C@@H]1NC(=O)c2cc(cc(NC(=O)CNC(=O)C3CCN(c4nc(Nc5ccc(-c6c7ccc(=O)cc-7oc7cc(O)ccc67)c(C(=O)O)c5)nc(N5CCC(C(=O)NCC(=O)Nc6cc7cc(c6)C(=O)N[C@@H]([C@@H](C)CC)C(=O)N[C@@H](CCCCN)C(=O)NCC(=O)N[C@H](C(N)=O)CSC7)CC5)n4)CC3)c2)CSC[C@@H](C(N)=O)NC(=O)CNC(=O)[C@H](CCCCN)NC1=O. The van der Waals surface area contributed by atoms with Gasteiger partial charge in [0.25, 0.3) is 11.8 Å². The molecule has 8 atom stereocenters. The molecule has 1 aromatic heterocycles. The van der Waals surface area contributed by atoms with Crippen molar-refractivity contribution in [2.75, 3.05) is 103 Å². The molecule has 11 rings (SSSR count). The van der Waals surface area contributed by atoms with Crippen LogP contribution in [0, 0.1) is 23.7 Å². The van der Waals surface area contributed by atoms with Gasteiger partial charge in [0.1, 0.15) is 53.3 Å². The standard InChI is InChI=1S/C89H112N22O19S2/c1-5-46(3)74-84(126)103-63(11-7-9-23-90)82(124)96-40-71(116)101-65(76(92)118)44-131-42-48-29-52(80(122)105-74)33-55(31-48)98-69(114)38-94-78(120)50-19-25-110(26-20-50)88-107-87(100-54-13-16-59(62(35-54)86(128)129)73-60-17-14-57(112)36-67(60)130-68-37-58(113)15-18-61(68)73)108-89(109-88)111-27-21-51(22-28-111)79(121)95-39-70(115)99-56-32-49-30-53(34-56)81(123)106-75(47(4)6-2)85(127)104-64(12-8-10-24-91)83(125)97-41-72(117)102-66(77(93)119)45-132-43-49/h13-18,29-37,46-47,50-51,63-66,74-75,112H,5-12,19-28,38-45,90-91H2,1-4H3,(H2,92,118)(H2,93,119)(H,94,120)(H,95,121)(H,96,124)(H,97,125)(H,98,114)(H,99,115)(H,101,116)(H,102,117)(H,103,126)(H,104,127)(H,105,122)(H,106,123)(H,128,129)(H,100,107,108,109)/t46-,47-,63-,64-,65-,66-,74-,75-/m0/s1. The first-order chi connectivity index (χ1) is 63.2. The Morgan fingerprint density at radius 2 is 1.01 bits per heavy atom. The number of nitrogens with one attached hydrogen (secondary N) is 13. The minimum absolute atomic E-state index is 0.0264. The Morgan fingerprint density at radius 3 is 1.45 bits per heavy atom. The molecule has 43 heteroatoms. The maximum Gasteiger partial charge on any atom is 0.336 e. The number of hydrogen-bond acceptors (Lipinski definition) is 28. The molecule has 2 fully saturated rings. The zero-order valence-electron chi connectivity index (χ0n) is 73.5. The molecule has 23 N–H and O–H groups in total. The number of aromatic hydroxyl groups is 1. The number of thioether (sulfide) groups is 2. The van der Waals surface area contributed by atoms with Gasteiger partial charge >= 0.3 is 5.97 Å². The van der Waals surface area contributed by atoms with Gasteiger partial charge in [-0.05, 0) is 179 Å². The number of carbonyl (C=O) groups excluding carboxylic acids is 14. The van der Waals surface area contributed by atoms with E-state index in [1.807, 2.05) is 23.6 Å². The van der Waals surface area contributed by atoms with Crippen LogP contribution in [0.3, 0.4) is 0 Å². The van der Waals surface area contributed by atoms with E-state index in [2.05, 4.69) is 69.1 Å². The average molecular weight is 1860 g/mol. The Bertz CT molecular complexity index is 5280. The van der Waals surface area contributed by atoms with E-state index >= 15 is 0 Å². The van der Waals surface area contributed by atoms with Crippen molar-refractivity contribution in [2.45, 2.75) is 153 Å². The summed E-state index contributed by atoms with van der Waals surface area (Å²) in [7, 11) is 0. The van der Waals surface area contributed by atoms with Crippen molar-refractivity contribution >= 4 is 158 Å². The Hall–Kier alpha value is -13.5. The molecule has 1 aliphatic carbocycles. The van der Waals surface area contributed by atoms with Crippen molar-refractivity contribution in [1.29, 1.82) is 0 Å². The summed E-state index contributed by atoms with van der Waals surface area (Å²) in [5, 5.41) is 57.3. The van der Waals surface area contributed by atoms with Crippen molar-refractivity contribution in [2.24, 2.45) is 46.6 Å². The van der Waals surface area contributed by atoms with Gasteiger partial charge < -0.3 is 116 Å². The Morgan fingerprint density at radius 1 is 0.538 bits per heavy atom. The number of rotatable bonds is 28. The normalized spacial score (nSPS) is 19.7. The third kappa shape index (κ3) is 27.1. The summed E-state index contributed by atoms with van der Waals surface area (Å²) in [6.45, 7) is 6.49. The summed E-state index contributed by atoms with van der Waals surface area (Å²) in [6.07, 6.45) is 4.03. The van der Waals surface area contributed by atoms with Crippen molar-refractivity contribution in [3.8, 4) is 28.2 Å². The lowest BCUT2D eigenvalue weighted by molar-refractivity contribution is -0.132. The average Bonchev–Trinajstić information content (AvgIpc) is 0.744. The molecule has 704 valence electrons. The summed E-state index contributed by atoms with van der Waals surface area (Å²) >= 11 is 2.35. The highest BCUT2D eigenvalue weighted by molar-refractivity contribution is 7.98. The monoisotopic (exact) mass is 1860 g/mol. The largest absolute Gasteiger partial charge is 0.508 e. The van der Waals surface area contributed by atoms with Gasteiger partial charge in [-0.2, -0.15) is 38.5 Å². The number of nitrogens with two attached hydrogens (primary N) is 4. The predicted molar refractivity (Wildman–Crippen MR) is 494 cm³/mol. The van der Waals surface area contributed by atoms with Crippen LogP contribution in [0.15, 0.2) is 100 Å². The number of primary amides is 2. The number of benzene rings is 5. The molecular formula is C89H112N22O19S2. The lowest BCUT2D eigenvalue weighted by Gasteiger charge is -2.34. The van der Waals surface area contributed by atoms with Gasteiger partial charge in [-0.25, -0.2) is 4.79 Å². The second kappa shape index (κ2) is 46.8. The topological polar surface area (TPSA) is 632 Å². The molecule has 132 heavy (non-hydrogen) atoms. The van der Waals surface area contributed by atoms with Gasteiger partial charge in [0.2, 0.25) is 88.7 Å². The number of phenolic OH excluding ortho intramolecular Hbond substituents is 1. The van der Waals surface area contributed by atoms with Crippen LogP contribution in [0.4, 0.5) is 34.9 Å². The molecule has 6 aliphatic rings. The number of aromatic nitrogens is 3. The fourth-order valence-electron chi connectivity index (χ4n) is 15.6. The van der Waals surface area contributed by atoms with Crippen molar-refractivity contribution < 1.29 is 86.5 Å². The van der Waals surface area contributed by atoms with E-state index < -0.39 is 175 Å². The van der Waals surface area contributed by atoms with Crippen molar-refractivity contribution in [1.82, 2.24) is 68.1 Å². The van der Waals surface area contributed by atoms with E-state index in [0.29, 0.717) is 79.3 Å². The minimum Gasteiger partial charge on any atom is -0.508 e. The highest BCUT2D eigenvalue weighted by atomic mass is 32.2. The molecule has 4 aromatic carbocycles. The lowest BCUT2D eigenvalue weighted by atomic mass is 9.90. The number of fused-ring (bicyclic) bond motifs is 6. The Balaban J connectivity index is 0.787. The van der Waals surface area contributed by atoms with E-state index in [4.69, 9.17) is 42.3 Å². The Labute approximate surface area is 767 Å². The molecule has 2 saturated heterocycles. The smallest absolute Gasteiger partial charge is 0.336 e. The predicted octanol–water partition coefficient (Wildman–Crippen LogP) is 2.02. The molecule has 5 aliphatic heterocycles. The number of carboxylic acid groups (broad SMARTS) is 1. The molecule has 0 unspecified atom stereocenters. The summed E-state index contributed by atoms with van der Waals surface area (Å²) in [4.78, 5) is 236. The van der Waals surface area contributed by atoms with Gasteiger partial charge in [0.05, 0.1) is 31.7 Å². The first kappa shape index (κ1) is 99.0. The fourth-order valence-corrected chi connectivity index (χ4v) is 17.6. The van der Waals surface area contributed by atoms with Crippen LogP contribution in [0.2, 0.25) is 0 Å². The summed E-state index contributed by atoms with van der Waals surface area (Å²) in [5.74, 6) is -12.5. The Kier molecular flexibility index (Phi) is 35.1. The van der Waals surface area contributed by atoms with E-state index in [0.717, 1.165) is 0 Å². The second-order valence-electron chi connectivity index (χ2n) is 33.0. The van der Waals surface area contributed by atoms with Crippen LogP contribution < -0.4 is 107 Å². The highest BCUT2D eigenvalue weighted by Gasteiger charge is 2.37. The van der Waals surface area contributed by atoms with Gasteiger partial charge in [0, 0.05) is 118 Å². The fraction of sp³-hybridized carbons (Fsp3) is 0.449. The third-order valence-corrected chi connectivity index (χ3v) is 25.5. The highest BCUT2D eigenvalue weighted by Crippen LogP contribution is 2.43. The maximum atomic E-state index is 14.3. The first-order valence-electron chi connectivity index (χ1n) is 43.8. The quantitative estimate of drug-likeness (QED) is 0.0246. The summed E-state index contributed by atoms with van der Waals surface area (Å²) in [5.41, 5.74) is 25.0. The van der Waals surface area contributed by atoms with Gasteiger partial charge in [-0.3, -0.25) is 71.9 Å². The number of nitrogens with zero attached hydrogens (tertiary/aromatic N) is 5. The first-order valence-corrected chi connectivity index (χ1v) is 46.1. The third-order valence-electron chi connectivity index (χ3n) is 23.3. The molecule has 0 saturated carbocycles. The number of carbonyl (C=O) groups is 15. The molecule has 6 heterocycles. The molecule has 0 spiro atoms. The number of unbranched alkanes of at least 4 members (excludes halogenated alkanes) is 2. The second-order valence-corrected chi connectivity index (χ2v) is 35.1. The number of hydrogen-bond donors (Lipinski definition) is 19. The van der Waals surface area contributed by atoms with E-state index in [9.17, 15) is 86.9 Å². The van der Waals surface area contributed by atoms with Crippen molar-refractivity contribution in [3.63, 3.8) is 0 Å². The van der Waals surface area contributed by atoms with Crippen LogP contribution in [0.5, 0.6) is 5.75 Å². The van der Waals surface area contributed by atoms with Gasteiger partial charge in [0.15, 0.2) is 5.43 Å². The molecular weight excluding hydrogens is 1750 g/mol. The van der Waals surface area contributed by atoms with Gasteiger partial charge in [-0.1, -0.05) is 46.6 Å². The zero-order chi connectivity index (χ0) is 95.0. The number of amides is 14. The van der Waals surface area contributed by atoms with Crippen LogP contribution in [-0.4, -0.2) is 227 Å². The maximum absolute atomic E-state index is 14.3. The zero-order valence-corrected chi connectivity index (χ0v) is 75.1. The van der Waals surface area contributed by atoms with E-state index in [1.54, 1.807) is 56.3 Å². The van der Waals surface area contributed by atoms with Crippen LogP contribution in [0.1, 0.15) is 147 Å². The van der Waals surface area contributed by atoms with Gasteiger partial charge in [-0.15, -0.1) is 0 Å². The lowest BCUT2D eigenvalue weighted by Crippen LogP contribution is -2.56. The number of piperidine rings is 2. The van der Waals surface area contributed by atoms with Crippen LogP contribution in [-0.2, 0) is 69.0 Å². The number of phenols is 1. The molecule has 14 amide bonds. The molecule has 0 radical (unpaired) electrons. The van der Waals surface area contributed by atoms with Crippen molar-refractivity contribution in [3.05, 3.63) is 129 Å². The van der Waals surface area contributed by atoms with E-state index in [-0.39, 0.29) is 167 Å². The number of carboxylic acids is 1. The van der Waals surface area contributed by atoms with E-state index in [1.165, 1.54) is 72.1 Å². The summed E-state index contributed by atoms with van der Waals surface area (Å²) in [6, 6.07) is 15.2.